The summed E-state index contributed by atoms with van der Waals surface area (Å²) in [6, 6.07) is 18.4. The van der Waals surface area contributed by atoms with Gasteiger partial charge in [-0.1, -0.05) is 42.5 Å². The van der Waals surface area contributed by atoms with Crippen LogP contribution in [0.3, 0.4) is 0 Å². The van der Waals surface area contributed by atoms with Crippen molar-refractivity contribution in [2.24, 2.45) is 11.7 Å². The molecule has 3 rings (SSSR count). The van der Waals surface area contributed by atoms with Crippen LogP contribution in [0.15, 0.2) is 54.6 Å². The van der Waals surface area contributed by atoms with Crippen molar-refractivity contribution in [3.63, 3.8) is 0 Å². The maximum atomic E-state index is 6.43. The van der Waals surface area contributed by atoms with Gasteiger partial charge in [0.05, 0.1) is 0 Å². The van der Waals surface area contributed by atoms with Crippen LogP contribution in [-0.4, -0.2) is 13.2 Å². The number of benzene rings is 2. The number of ether oxygens (including phenoxy) is 2. The molecule has 2 aromatic rings. The van der Waals surface area contributed by atoms with Gasteiger partial charge in [0, 0.05) is 19.3 Å². The predicted molar refractivity (Wildman–Crippen MR) is 94.9 cm³/mol. The van der Waals surface area contributed by atoms with Crippen LogP contribution in [-0.2, 0) is 11.3 Å². The Labute approximate surface area is 144 Å². The van der Waals surface area contributed by atoms with E-state index >= 15 is 0 Å². The van der Waals surface area contributed by atoms with E-state index in [1.807, 2.05) is 30.3 Å². The van der Waals surface area contributed by atoms with Crippen molar-refractivity contribution >= 4 is 12.4 Å². The van der Waals surface area contributed by atoms with Crippen LogP contribution >= 0.6 is 12.4 Å². The molecule has 2 N–H and O–H groups in total. The first kappa shape index (κ1) is 17.8. The Hall–Kier alpha value is -1.55. The Morgan fingerprint density at radius 1 is 1.04 bits per heavy atom. The van der Waals surface area contributed by atoms with Crippen molar-refractivity contribution in [1.82, 2.24) is 0 Å². The Morgan fingerprint density at radius 2 is 1.78 bits per heavy atom. The summed E-state index contributed by atoms with van der Waals surface area (Å²) >= 11 is 0. The van der Waals surface area contributed by atoms with Crippen LogP contribution in [0.25, 0.3) is 0 Å². The van der Waals surface area contributed by atoms with E-state index in [2.05, 4.69) is 24.3 Å². The third-order valence-corrected chi connectivity index (χ3v) is 4.27. The molecule has 0 unspecified atom stereocenters. The quantitative estimate of drug-likeness (QED) is 0.895. The van der Waals surface area contributed by atoms with Gasteiger partial charge in [0.15, 0.2) is 0 Å². The Morgan fingerprint density at radius 3 is 2.52 bits per heavy atom. The average molecular weight is 334 g/mol. The zero-order valence-corrected chi connectivity index (χ0v) is 14.0. The second-order valence-corrected chi connectivity index (χ2v) is 5.82. The van der Waals surface area contributed by atoms with Crippen molar-refractivity contribution in [3.05, 3.63) is 65.7 Å². The number of rotatable bonds is 5. The van der Waals surface area contributed by atoms with E-state index in [-0.39, 0.29) is 18.4 Å². The molecule has 1 aliphatic rings. The Kier molecular flexibility index (Phi) is 6.90. The molecule has 0 saturated carbocycles. The third-order valence-electron chi connectivity index (χ3n) is 4.27. The average Bonchev–Trinajstić information content (AvgIpc) is 2.61. The maximum absolute atomic E-state index is 6.43. The summed E-state index contributed by atoms with van der Waals surface area (Å²) in [7, 11) is 0. The molecule has 0 aromatic heterocycles. The van der Waals surface area contributed by atoms with Crippen LogP contribution in [0.5, 0.6) is 5.75 Å². The number of hydrogen-bond donors (Lipinski definition) is 1. The maximum Gasteiger partial charge on any atom is 0.120 e. The Bertz CT molecular complexity index is 585. The lowest BCUT2D eigenvalue weighted by Crippen LogP contribution is -2.27. The summed E-state index contributed by atoms with van der Waals surface area (Å²) in [5.41, 5.74) is 8.75. The first-order valence-corrected chi connectivity index (χ1v) is 7.93. The molecule has 0 bridgehead atoms. The lowest BCUT2D eigenvalue weighted by molar-refractivity contribution is 0.0583. The second-order valence-electron chi connectivity index (χ2n) is 5.82. The van der Waals surface area contributed by atoms with Crippen molar-refractivity contribution in [1.29, 1.82) is 0 Å². The second kappa shape index (κ2) is 8.92. The van der Waals surface area contributed by atoms with E-state index in [4.69, 9.17) is 15.2 Å². The van der Waals surface area contributed by atoms with Gasteiger partial charge >= 0.3 is 0 Å². The molecular weight excluding hydrogens is 310 g/mol. The van der Waals surface area contributed by atoms with Gasteiger partial charge in [0.25, 0.3) is 0 Å². The lowest BCUT2D eigenvalue weighted by atomic mass is 9.88. The fraction of sp³-hybridized carbons (Fsp3) is 0.368. The summed E-state index contributed by atoms with van der Waals surface area (Å²) in [6.45, 7) is 2.22. The molecule has 1 heterocycles. The standard InChI is InChI=1S/C19H23NO2.ClH/c20-19(16-9-11-21-12-10-16)17-7-4-8-18(13-17)22-14-15-5-2-1-3-6-15;/h1-8,13,16,19H,9-12,14,20H2;1H/t19-;/m1./s1. The summed E-state index contributed by atoms with van der Waals surface area (Å²) in [5.74, 6) is 1.38. The van der Waals surface area contributed by atoms with Gasteiger partial charge in [-0.3, -0.25) is 0 Å². The van der Waals surface area contributed by atoms with Gasteiger partial charge < -0.3 is 15.2 Å². The van der Waals surface area contributed by atoms with Crippen LogP contribution in [0.2, 0.25) is 0 Å². The van der Waals surface area contributed by atoms with Crippen LogP contribution < -0.4 is 10.5 Å². The smallest absolute Gasteiger partial charge is 0.120 e. The van der Waals surface area contributed by atoms with Gasteiger partial charge in [-0.15, -0.1) is 12.4 Å². The lowest BCUT2D eigenvalue weighted by Gasteiger charge is -2.28. The highest BCUT2D eigenvalue weighted by atomic mass is 35.5. The topological polar surface area (TPSA) is 44.5 Å². The number of nitrogens with two attached hydrogens (primary N) is 1. The van der Waals surface area contributed by atoms with E-state index in [9.17, 15) is 0 Å². The molecule has 0 amide bonds. The van der Waals surface area contributed by atoms with Gasteiger partial charge in [-0.05, 0) is 42.0 Å². The molecule has 1 fully saturated rings. The van der Waals surface area contributed by atoms with E-state index < -0.39 is 0 Å². The van der Waals surface area contributed by atoms with Crippen molar-refractivity contribution in [2.45, 2.75) is 25.5 Å². The summed E-state index contributed by atoms with van der Waals surface area (Å²) < 4.78 is 11.3. The highest BCUT2D eigenvalue weighted by Crippen LogP contribution is 2.29. The van der Waals surface area contributed by atoms with E-state index in [1.54, 1.807) is 0 Å². The molecule has 0 radical (unpaired) electrons. The summed E-state index contributed by atoms with van der Waals surface area (Å²) in [6.07, 6.45) is 2.08. The molecule has 23 heavy (non-hydrogen) atoms. The molecule has 0 aliphatic carbocycles. The normalized spacial score (nSPS) is 16.4. The van der Waals surface area contributed by atoms with Crippen molar-refractivity contribution in [2.75, 3.05) is 13.2 Å². The van der Waals surface area contributed by atoms with Gasteiger partial charge in [0.1, 0.15) is 12.4 Å². The van der Waals surface area contributed by atoms with E-state index in [0.717, 1.165) is 37.4 Å². The fourth-order valence-corrected chi connectivity index (χ4v) is 2.90. The number of hydrogen-bond acceptors (Lipinski definition) is 3. The molecule has 3 nitrogen and oxygen atoms in total. The minimum absolute atomic E-state index is 0. The van der Waals surface area contributed by atoms with Gasteiger partial charge in [-0.2, -0.15) is 0 Å². The van der Waals surface area contributed by atoms with Crippen LogP contribution in [0.1, 0.15) is 30.0 Å². The third kappa shape index (κ3) is 4.96. The molecular formula is C19H24ClNO2. The summed E-state index contributed by atoms with van der Waals surface area (Å²) in [4.78, 5) is 0. The van der Waals surface area contributed by atoms with Crippen LogP contribution in [0.4, 0.5) is 0 Å². The SMILES string of the molecule is Cl.N[C@@H](c1cccc(OCc2ccccc2)c1)C1CCOCC1. The molecule has 1 atom stereocenters. The fourth-order valence-electron chi connectivity index (χ4n) is 2.90. The molecule has 4 heteroatoms. The number of halogens is 1. The van der Waals surface area contributed by atoms with Gasteiger partial charge in [-0.25, -0.2) is 0 Å². The van der Waals surface area contributed by atoms with Crippen molar-refractivity contribution in [3.8, 4) is 5.75 Å². The van der Waals surface area contributed by atoms with Crippen molar-refractivity contribution < 1.29 is 9.47 Å². The highest BCUT2D eigenvalue weighted by Gasteiger charge is 2.22. The van der Waals surface area contributed by atoms with Gasteiger partial charge in [0.2, 0.25) is 0 Å². The molecule has 2 aromatic carbocycles. The highest BCUT2D eigenvalue weighted by molar-refractivity contribution is 5.85. The minimum atomic E-state index is 0. The Balaban J connectivity index is 0.00000192. The van der Waals surface area contributed by atoms with E-state index in [1.165, 1.54) is 5.56 Å². The molecule has 1 aliphatic heterocycles. The van der Waals surface area contributed by atoms with E-state index in [0.29, 0.717) is 12.5 Å². The minimum Gasteiger partial charge on any atom is -0.489 e. The zero-order valence-electron chi connectivity index (χ0n) is 13.2. The first-order valence-electron chi connectivity index (χ1n) is 7.93. The molecule has 0 spiro atoms. The monoisotopic (exact) mass is 333 g/mol. The van der Waals surface area contributed by atoms with Crippen LogP contribution in [0, 0.1) is 5.92 Å². The largest absolute Gasteiger partial charge is 0.489 e. The summed E-state index contributed by atoms with van der Waals surface area (Å²) in [5, 5.41) is 0. The first-order chi connectivity index (χ1) is 10.8. The predicted octanol–water partition coefficient (Wildman–Crippen LogP) is 4.11. The zero-order chi connectivity index (χ0) is 15.2. The molecule has 124 valence electrons. The molecule has 1 saturated heterocycles.